The number of hydrogen-bond donors (Lipinski definition) is 0. The smallest absolute Gasteiger partial charge is 0.136 e. The third kappa shape index (κ3) is 6.48. The molecule has 0 atom stereocenters. The van der Waals surface area contributed by atoms with Crippen molar-refractivity contribution in [1.29, 1.82) is 0 Å². The Balaban J connectivity index is 0.817. The molecular weight excluding hydrogens is 957 g/mol. The molecule has 17 rings (SSSR count). The maximum Gasteiger partial charge on any atom is 0.136 e. The number of furan rings is 1. The first kappa shape index (κ1) is 43.7. The average molecular weight is 1000 g/mol. The van der Waals surface area contributed by atoms with Crippen LogP contribution in [-0.2, 0) is 0 Å². The second kappa shape index (κ2) is 17.0. The van der Waals surface area contributed by atoms with Crippen molar-refractivity contribution in [2.24, 2.45) is 0 Å². The molecule has 3 nitrogen and oxygen atoms in total. The zero-order valence-corrected chi connectivity index (χ0v) is 42.9. The lowest BCUT2D eigenvalue weighted by Crippen LogP contribution is -1.94. The lowest BCUT2D eigenvalue weighted by atomic mass is 9.85. The standard InChI is InChI=1S/C76H46N2O/c1-3-19-51(20-4-1)77-67-33-17-15-23-53(67)55-39-35-48(44-69(55)77)74-60-27-9-7-25-58(60)73(59-26-8-10-28-61(59)74)47-38-42-71-66(43-47)57-41-37-50(46-72(57)79-71)76-64-31-13-11-29-62(64)75(63-30-12-14-32-65(63)76)49-36-40-56-54-24-16-18-34-68(54)78(70(56)45-49)52-21-5-2-6-22-52/h1-46H. The number of nitrogens with zero attached hydrogens (tertiary/aromatic N) is 2. The summed E-state index contributed by atoms with van der Waals surface area (Å²) in [6.45, 7) is 0. The van der Waals surface area contributed by atoms with Crippen LogP contribution in [0.4, 0.5) is 0 Å². The van der Waals surface area contributed by atoms with Gasteiger partial charge < -0.3 is 13.6 Å². The predicted molar refractivity (Wildman–Crippen MR) is 334 cm³/mol. The predicted octanol–water partition coefficient (Wildman–Crippen LogP) is 21.1. The molecule has 0 saturated carbocycles. The zero-order chi connectivity index (χ0) is 51.7. The van der Waals surface area contributed by atoms with E-state index in [1.54, 1.807) is 0 Å². The van der Waals surface area contributed by atoms with Crippen LogP contribution < -0.4 is 0 Å². The molecule has 14 aromatic carbocycles. The molecule has 0 amide bonds. The lowest BCUT2D eigenvalue weighted by molar-refractivity contribution is 0.669. The second-order valence-electron chi connectivity index (χ2n) is 21.0. The summed E-state index contributed by atoms with van der Waals surface area (Å²) in [6, 6.07) is 102. The Morgan fingerprint density at radius 3 is 0.899 bits per heavy atom. The van der Waals surface area contributed by atoms with Gasteiger partial charge in [0, 0.05) is 43.7 Å². The van der Waals surface area contributed by atoms with E-state index in [9.17, 15) is 0 Å². The Bertz CT molecular complexity index is 5250. The van der Waals surface area contributed by atoms with E-state index in [0.29, 0.717) is 0 Å². The van der Waals surface area contributed by atoms with Crippen LogP contribution in [0.15, 0.2) is 283 Å². The fraction of sp³-hybridized carbons (Fsp3) is 0. The number of hydrogen-bond acceptors (Lipinski definition) is 1. The quantitative estimate of drug-likeness (QED) is 0.152. The average Bonchev–Trinajstić information content (AvgIpc) is 4.25. The highest BCUT2D eigenvalue weighted by Gasteiger charge is 2.23. The van der Waals surface area contributed by atoms with E-state index in [1.807, 2.05) is 0 Å². The monoisotopic (exact) mass is 1000 g/mol. The number of aromatic nitrogens is 2. The molecule has 0 N–H and O–H groups in total. The minimum absolute atomic E-state index is 0.870. The Labute approximate surface area is 454 Å². The van der Waals surface area contributed by atoms with E-state index in [0.717, 1.165) is 44.4 Å². The van der Waals surface area contributed by atoms with E-state index >= 15 is 0 Å². The SMILES string of the molecule is c1ccc(-n2c3ccccc3c3ccc(-c4c5ccccc5c(-c5ccc6c(c5)oc5ccc(-c7c8ccccc8c(-c8ccc9c%10ccccc%10n(-c%10ccccc%10)c9c8)c8ccccc78)cc56)c5ccccc45)cc32)cc1. The maximum absolute atomic E-state index is 6.88. The van der Waals surface area contributed by atoms with Crippen molar-refractivity contribution in [2.75, 3.05) is 0 Å². The highest BCUT2D eigenvalue weighted by Crippen LogP contribution is 2.49. The molecule has 0 aliphatic carbocycles. The number of rotatable bonds is 6. The van der Waals surface area contributed by atoms with E-state index in [-0.39, 0.29) is 0 Å². The van der Waals surface area contributed by atoms with Gasteiger partial charge in [0.15, 0.2) is 0 Å². The molecule has 0 fully saturated rings. The van der Waals surface area contributed by atoms with Crippen LogP contribution >= 0.6 is 0 Å². The van der Waals surface area contributed by atoms with Gasteiger partial charge >= 0.3 is 0 Å². The van der Waals surface area contributed by atoms with Gasteiger partial charge in [-0.25, -0.2) is 0 Å². The van der Waals surface area contributed by atoms with Gasteiger partial charge in [0.05, 0.1) is 22.1 Å². The van der Waals surface area contributed by atoms with Gasteiger partial charge in [-0.15, -0.1) is 0 Å². The Kier molecular flexibility index (Phi) is 9.42. The highest BCUT2D eigenvalue weighted by atomic mass is 16.3. The first-order valence-corrected chi connectivity index (χ1v) is 27.2. The minimum Gasteiger partial charge on any atom is -0.456 e. The van der Waals surface area contributed by atoms with Crippen LogP contribution in [0.2, 0.25) is 0 Å². The van der Waals surface area contributed by atoms with E-state index in [2.05, 4.69) is 288 Å². The number of benzene rings is 14. The molecule has 366 valence electrons. The third-order valence-electron chi connectivity index (χ3n) is 16.9. The second-order valence-corrected chi connectivity index (χ2v) is 21.0. The van der Waals surface area contributed by atoms with Crippen molar-refractivity contribution in [3.05, 3.63) is 279 Å². The summed E-state index contributed by atoms with van der Waals surface area (Å²) in [4.78, 5) is 0. The fourth-order valence-corrected chi connectivity index (χ4v) is 13.6. The molecule has 3 heterocycles. The molecule has 0 saturated heterocycles. The van der Waals surface area contributed by atoms with Crippen LogP contribution in [0.5, 0.6) is 0 Å². The Morgan fingerprint density at radius 2 is 0.494 bits per heavy atom. The van der Waals surface area contributed by atoms with E-state index < -0.39 is 0 Å². The Morgan fingerprint density at radius 1 is 0.190 bits per heavy atom. The molecule has 3 aromatic heterocycles. The summed E-state index contributed by atoms with van der Waals surface area (Å²) < 4.78 is 11.7. The van der Waals surface area contributed by atoms with Gasteiger partial charge in [0.1, 0.15) is 11.2 Å². The molecule has 0 unspecified atom stereocenters. The van der Waals surface area contributed by atoms with Gasteiger partial charge in [0.25, 0.3) is 0 Å². The molecule has 3 heteroatoms. The summed E-state index contributed by atoms with van der Waals surface area (Å²) in [5.41, 5.74) is 18.4. The molecule has 17 aromatic rings. The first-order chi connectivity index (χ1) is 39.2. The molecule has 79 heavy (non-hydrogen) atoms. The highest BCUT2D eigenvalue weighted by molar-refractivity contribution is 6.25. The van der Waals surface area contributed by atoms with Gasteiger partial charge in [-0.05, 0) is 160 Å². The van der Waals surface area contributed by atoms with Crippen molar-refractivity contribution in [1.82, 2.24) is 9.13 Å². The topological polar surface area (TPSA) is 23.0 Å². The zero-order valence-electron chi connectivity index (χ0n) is 42.9. The van der Waals surface area contributed by atoms with Crippen LogP contribution in [0.1, 0.15) is 0 Å². The molecule has 0 spiro atoms. The number of para-hydroxylation sites is 4. The summed E-state index contributed by atoms with van der Waals surface area (Å²) >= 11 is 0. The van der Waals surface area contributed by atoms with Gasteiger partial charge in [-0.2, -0.15) is 0 Å². The molecule has 0 aliphatic heterocycles. The van der Waals surface area contributed by atoms with Crippen LogP contribution in [0, 0.1) is 0 Å². The summed E-state index contributed by atoms with van der Waals surface area (Å²) in [5, 5.41) is 16.9. The van der Waals surface area contributed by atoms with Gasteiger partial charge in [-0.1, -0.05) is 206 Å². The molecule has 0 radical (unpaired) electrons. The lowest BCUT2D eigenvalue weighted by Gasteiger charge is -2.18. The summed E-state index contributed by atoms with van der Waals surface area (Å²) in [5.74, 6) is 0. The molecular formula is C76H46N2O. The van der Waals surface area contributed by atoms with Crippen LogP contribution in [0.25, 0.3) is 165 Å². The minimum atomic E-state index is 0.870. The van der Waals surface area contributed by atoms with E-state index in [4.69, 9.17) is 4.42 Å². The van der Waals surface area contributed by atoms with Crippen LogP contribution in [0.3, 0.4) is 0 Å². The largest absolute Gasteiger partial charge is 0.456 e. The Hall–Kier alpha value is -10.5. The first-order valence-electron chi connectivity index (χ1n) is 27.2. The number of fused-ring (bicyclic) bond motifs is 13. The van der Waals surface area contributed by atoms with Crippen molar-refractivity contribution in [2.45, 2.75) is 0 Å². The van der Waals surface area contributed by atoms with Gasteiger partial charge in [0.2, 0.25) is 0 Å². The molecule has 0 bridgehead atoms. The molecule has 0 aliphatic rings. The van der Waals surface area contributed by atoms with E-state index in [1.165, 1.54) is 120 Å². The van der Waals surface area contributed by atoms with Crippen molar-refractivity contribution in [3.8, 4) is 55.9 Å². The van der Waals surface area contributed by atoms with Crippen LogP contribution in [-0.4, -0.2) is 9.13 Å². The third-order valence-corrected chi connectivity index (χ3v) is 16.9. The summed E-state index contributed by atoms with van der Waals surface area (Å²) in [6.07, 6.45) is 0. The normalized spacial score (nSPS) is 12.1. The summed E-state index contributed by atoms with van der Waals surface area (Å²) in [7, 11) is 0. The van der Waals surface area contributed by atoms with Crippen molar-refractivity contribution >= 4 is 109 Å². The van der Waals surface area contributed by atoms with Crippen molar-refractivity contribution < 1.29 is 4.42 Å². The van der Waals surface area contributed by atoms with Crippen molar-refractivity contribution in [3.63, 3.8) is 0 Å². The maximum atomic E-state index is 6.88. The fourth-order valence-electron chi connectivity index (χ4n) is 13.6. The van der Waals surface area contributed by atoms with Gasteiger partial charge in [-0.3, -0.25) is 0 Å².